The van der Waals surface area contributed by atoms with Crippen LogP contribution in [0.3, 0.4) is 0 Å². The molecule has 154 valence electrons. The number of aryl methyl sites for hydroxylation is 2. The summed E-state index contributed by atoms with van der Waals surface area (Å²) in [7, 11) is 6.68. The van der Waals surface area contributed by atoms with Gasteiger partial charge in [-0.25, -0.2) is 9.97 Å². The predicted octanol–water partition coefficient (Wildman–Crippen LogP) is 7.37. The number of aromatic nitrogens is 2. The molecule has 0 aliphatic rings. The van der Waals surface area contributed by atoms with Crippen molar-refractivity contribution in [1.29, 1.82) is 0 Å². The number of hydrogen-bond acceptors (Lipinski definition) is 8. The summed E-state index contributed by atoms with van der Waals surface area (Å²) in [5, 5.41) is 0. The molecule has 0 aliphatic carbocycles. The molecule has 2 heterocycles. The van der Waals surface area contributed by atoms with E-state index < -0.39 is 0 Å². The molecule has 2 aromatic heterocycles. The summed E-state index contributed by atoms with van der Waals surface area (Å²) in [6.45, 7) is 4.11. The SMILES string of the molecule is COc1ccc(-c2sc(SSc3nc(C)c(-c4ccc(OC)cc4)s3)nc2C)cc1. The maximum atomic E-state index is 5.25. The van der Waals surface area contributed by atoms with Crippen LogP contribution in [0.1, 0.15) is 11.4 Å². The molecule has 0 fully saturated rings. The third kappa shape index (κ3) is 4.67. The summed E-state index contributed by atoms with van der Waals surface area (Å²) in [6, 6.07) is 16.2. The molecule has 0 spiro atoms. The van der Waals surface area contributed by atoms with E-state index in [0.29, 0.717) is 0 Å². The monoisotopic (exact) mass is 472 g/mol. The van der Waals surface area contributed by atoms with Gasteiger partial charge in [0.25, 0.3) is 0 Å². The third-order valence-corrected chi connectivity index (χ3v) is 9.83. The van der Waals surface area contributed by atoms with Crippen LogP contribution in [0.2, 0.25) is 0 Å². The molecule has 0 saturated carbocycles. The largest absolute Gasteiger partial charge is 0.497 e. The van der Waals surface area contributed by atoms with E-state index in [1.165, 1.54) is 9.75 Å². The Hall–Kier alpha value is -2.00. The van der Waals surface area contributed by atoms with Gasteiger partial charge in [-0.05, 0) is 95.1 Å². The molecular weight excluding hydrogens is 453 g/mol. The number of rotatable bonds is 7. The first-order chi connectivity index (χ1) is 14.6. The van der Waals surface area contributed by atoms with Crippen LogP contribution in [0.5, 0.6) is 11.5 Å². The topological polar surface area (TPSA) is 44.2 Å². The highest BCUT2D eigenvalue weighted by Crippen LogP contribution is 2.45. The molecule has 0 aliphatic heterocycles. The molecule has 0 amide bonds. The van der Waals surface area contributed by atoms with Crippen molar-refractivity contribution in [3.8, 4) is 32.4 Å². The summed E-state index contributed by atoms with van der Waals surface area (Å²) in [5.41, 5.74) is 4.41. The highest BCUT2D eigenvalue weighted by atomic mass is 33.1. The van der Waals surface area contributed by atoms with Gasteiger partial charge in [-0.1, -0.05) is 0 Å². The highest BCUT2D eigenvalue weighted by molar-refractivity contribution is 8.77. The quantitative estimate of drug-likeness (QED) is 0.262. The Morgan fingerprint density at radius 1 is 0.633 bits per heavy atom. The first-order valence-corrected chi connectivity index (χ1v) is 12.9. The first-order valence-electron chi connectivity index (χ1n) is 9.15. The number of thiazole rings is 2. The van der Waals surface area contributed by atoms with Gasteiger partial charge in [-0.15, -0.1) is 22.7 Å². The van der Waals surface area contributed by atoms with E-state index in [0.717, 1.165) is 42.7 Å². The second-order valence-electron chi connectivity index (χ2n) is 6.41. The van der Waals surface area contributed by atoms with Crippen LogP contribution in [0.4, 0.5) is 0 Å². The van der Waals surface area contributed by atoms with Gasteiger partial charge < -0.3 is 9.47 Å². The van der Waals surface area contributed by atoms with Gasteiger partial charge in [0.05, 0.1) is 35.4 Å². The van der Waals surface area contributed by atoms with E-state index in [2.05, 4.69) is 38.1 Å². The van der Waals surface area contributed by atoms with Crippen molar-refractivity contribution in [3.05, 3.63) is 59.9 Å². The average Bonchev–Trinajstić information content (AvgIpc) is 3.34. The fourth-order valence-electron chi connectivity index (χ4n) is 2.91. The molecule has 4 nitrogen and oxygen atoms in total. The minimum atomic E-state index is 0.859. The molecule has 0 saturated heterocycles. The molecule has 30 heavy (non-hydrogen) atoms. The number of nitrogens with zero attached hydrogens (tertiary/aromatic N) is 2. The van der Waals surface area contributed by atoms with Crippen molar-refractivity contribution in [3.63, 3.8) is 0 Å². The Labute approximate surface area is 192 Å². The molecule has 0 atom stereocenters. The second kappa shape index (κ2) is 9.43. The first kappa shape index (κ1) is 21.2. The fourth-order valence-corrected chi connectivity index (χ4v) is 7.65. The Morgan fingerprint density at radius 3 is 1.33 bits per heavy atom. The van der Waals surface area contributed by atoms with Crippen LogP contribution < -0.4 is 9.47 Å². The molecule has 4 rings (SSSR count). The summed E-state index contributed by atoms with van der Waals surface area (Å²) in [6.07, 6.45) is 0. The number of methoxy groups -OCH3 is 2. The van der Waals surface area contributed by atoms with Gasteiger partial charge >= 0.3 is 0 Å². The molecular formula is C22H20N2O2S4. The maximum absolute atomic E-state index is 5.25. The highest BCUT2D eigenvalue weighted by Gasteiger charge is 2.14. The standard InChI is InChI=1S/C22H20N2O2S4/c1-13-19(15-5-9-17(25-3)10-6-15)27-21(23-13)29-30-22-24-14(2)20(28-22)16-7-11-18(26-4)12-8-16/h5-12H,1-4H3. The van der Waals surface area contributed by atoms with Crippen LogP contribution >= 0.6 is 44.3 Å². The van der Waals surface area contributed by atoms with E-state index in [9.17, 15) is 0 Å². The number of hydrogen-bond donors (Lipinski definition) is 0. The van der Waals surface area contributed by atoms with Crippen molar-refractivity contribution >= 4 is 44.3 Å². The molecule has 0 radical (unpaired) electrons. The summed E-state index contributed by atoms with van der Waals surface area (Å²) in [5.74, 6) is 1.72. The lowest BCUT2D eigenvalue weighted by atomic mass is 10.1. The molecule has 0 unspecified atom stereocenters. The zero-order chi connectivity index (χ0) is 21.1. The van der Waals surface area contributed by atoms with Gasteiger partial charge in [-0.2, -0.15) is 0 Å². The van der Waals surface area contributed by atoms with Gasteiger partial charge in [0, 0.05) is 0 Å². The maximum Gasteiger partial charge on any atom is 0.161 e. The Bertz CT molecular complexity index is 1040. The normalized spacial score (nSPS) is 10.9. The second-order valence-corrected chi connectivity index (χ2v) is 11.0. The van der Waals surface area contributed by atoms with Crippen molar-refractivity contribution in [2.45, 2.75) is 22.5 Å². The Morgan fingerprint density at radius 2 is 1.00 bits per heavy atom. The number of ether oxygens (including phenoxy) is 2. The van der Waals surface area contributed by atoms with Crippen LogP contribution in [-0.4, -0.2) is 24.2 Å². The van der Waals surface area contributed by atoms with E-state index in [-0.39, 0.29) is 0 Å². The van der Waals surface area contributed by atoms with E-state index in [1.807, 2.05) is 24.3 Å². The zero-order valence-electron chi connectivity index (χ0n) is 17.0. The molecule has 4 aromatic rings. The van der Waals surface area contributed by atoms with Crippen LogP contribution in [0, 0.1) is 13.8 Å². The van der Waals surface area contributed by atoms with Crippen LogP contribution in [0.25, 0.3) is 20.9 Å². The van der Waals surface area contributed by atoms with E-state index >= 15 is 0 Å². The van der Waals surface area contributed by atoms with Gasteiger partial charge in [0.2, 0.25) is 0 Å². The van der Waals surface area contributed by atoms with E-state index in [4.69, 9.17) is 19.4 Å². The molecule has 0 bridgehead atoms. The van der Waals surface area contributed by atoms with Crippen LogP contribution in [0.15, 0.2) is 57.2 Å². The van der Waals surface area contributed by atoms with Gasteiger partial charge in [-0.3, -0.25) is 0 Å². The molecule has 0 N–H and O–H groups in total. The lowest BCUT2D eigenvalue weighted by Crippen LogP contribution is -1.82. The van der Waals surface area contributed by atoms with Crippen molar-refractivity contribution < 1.29 is 9.47 Å². The minimum absolute atomic E-state index is 0.859. The van der Waals surface area contributed by atoms with Crippen LogP contribution in [-0.2, 0) is 0 Å². The lowest BCUT2D eigenvalue weighted by molar-refractivity contribution is 0.415. The van der Waals surface area contributed by atoms with Crippen molar-refractivity contribution in [2.24, 2.45) is 0 Å². The third-order valence-electron chi connectivity index (χ3n) is 4.44. The van der Waals surface area contributed by atoms with E-state index in [1.54, 1.807) is 58.5 Å². The lowest BCUT2D eigenvalue weighted by Gasteiger charge is -2.01. The molecule has 8 heteroatoms. The average molecular weight is 473 g/mol. The number of benzene rings is 2. The zero-order valence-corrected chi connectivity index (χ0v) is 20.2. The van der Waals surface area contributed by atoms with Crippen molar-refractivity contribution in [1.82, 2.24) is 9.97 Å². The Balaban J connectivity index is 1.47. The van der Waals surface area contributed by atoms with Crippen molar-refractivity contribution in [2.75, 3.05) is 14.2 Å². The van der Waals surface area contributed by atoms with Gasteiger partial charge in [0.1, 0.15) is 11.5 Å². The summed E-state index contributed by atoms with van der Waals surface area (Å²) >= 11 is 3.42. The smallest absolute Gasteiger partial charge is 0.161 e. The minimum Gasteiger partial charge on any atom is -0.497 e. The molecule has 2 aromatic carbocycles. The van der Waals surface area contributed by atoms with Gasteiger partial charge in [0.15, 0.2) is 8.68 Å². The fraction of sp³-hybridized carbons (Fsp3) is 0.182. The Kier molecular flexibility index (Phi) is 6.67. The summed E-state index contributed by atoms with van der Waals surface area (Å²) in [4.78, 5) is 11.9. The summed E-state index contributed by atoms with van der Waals surface area (Å²) < 4.78 is 12.6. The predicted molar refractivity (Wildman–Crippen MR) is 129 cm³/mol.